The Labute approximate surface area is 96.2 Å². The number of carbonyl (C=O) groups excluding carboxylic acids is 2. The summed E-state index contributed by atoms with van der Waals surface area (Å²) in [5.74, 6) is -0.216. The fraction of sp³-hybridized carbons (Fsp3) is 0.538. The molecule has 0 saturated carbocycles. The van der Waals surface area contributed by atoms with Crippen LogP contribution in [0.25, 0.3) is 0 Å². The SMILES string of the molecule is CC/C=C/CC1C(=O)C=CC1CC(=O)OC. The lowest BCUT2D eigenvalue weighted by molar-refractivity contribution is -0.141. The number of allylic oxidation sites excluding steroid dienone is 4. The van der Waals surface area contributed by atoms with Gasteiger partial charge < -0.3 is 4.74 Å². The molecule has 0 saturated heterocycles. The van der Waals surface area contributed by atoms with E-state index in [1.807, 2.05) is 18.2 Å². The average molecular weight is 222 g/mol. The quantitative estimate of drug-likeness (QED) is 0.529. The van der Waals surface area contributed by atoms with E-state index in [1.165, 1.54) is 7.11 Å². The Bertz CT molecular complexity index is 315. The zero-order valence-electron chi connectivity index (χ0n) is 9.81. The highest BCUT2D eigenvalue weighted by molar-refractivity contribution is 5.95. The number of ether oxygens (including phenoxy) is 1. The first-order chi connectivity index (χ1) is 7.69. The molecule has 1 aliphatic carbocycles. The summed E-state index contributed by atoms with van der Waals surface area (Å²) < 4.78 is 4.62. The Kier molecular flexibility index (Phi) is 4.96. The van der Waals surface area contributed by atoms with Gasteiger partial charge in [0.15, 0.2) is 5.78 Å². The standard InChI is InChI=1S/C13H18O3/c1-3-4-5-6-11-10(7-8-12(11)14)9-13(15)16-2/h4-5,7-8,10-11H,3,6,9H2,1-2H3/b5-4+. The van der Waals surface area contributed by atoms with Gasteiger partial charge in [0.1, 0.15) is 0 Å². The van der Waals surface area contributed by atoms with E-state index in [4.69, 9.17) is 0 Å². The van der Waals surface area contributed by atoms with E-state index in [9.17, 15) is 9.59 Å². The van der Waals surface area contributed by atoms with Gasteiger partial charge in [-0.15, -0.1) is 0 Å². The molecule has 3 heteroatoms. The second-order valence-corrected chi connectivity index (χ2v) is 3.93. The van der Waals surface area contributed by atoms with Gasteiger partial charge in [-0.1, -0.05) is 25.2 Å². The van der Waals surface area contributed by atoms with Gasteiger partial charge >= 0.3 is 5.97 Å². The van der Waals surface area contributed by atoms with Crippen molar-refractivity contribution in [1.29, 1.82) is 0 Å². The van der Waals surface area contributed by atoms with Gasteiger partial charge in [0, 0.05) is 5.92 Å². The highest BCUT2D eigenvalue weighted by Gasteiger charge is 2.30. The Morgan fingerprint density at radius 3 is 2.88 bits per heavy atom. The predicted molar refractivity (Wildman–Crippen MR) is 61.8 cm³/mol. The van der Waals surface area contributed by atoms with E-state index in [0.717, 1.165) is 6.42 Å². The molecule has 0 N–H and O–H groups in total. The van der Waals surface area contributed by atoms with Crippen LogP contribution in [0.4, 0.5) is 0 Å². The molecule has 0 spiro atoms. The normalized spacial score (nSPS) is 24.2. The van der Waals surface area contributed by atoms with Crippen LogP contribution in [-0.4, -0.2) is 18.9 Å². The molecule has 1 aliphatic rings. The van der Waals surface area contributed by atoms with Crippen molar-refractivity contribution < 1.29 is 14.3 Å². The molecule has 0 heterocycles. The first kappa shape index (κ1) is 12.7. The predicted octanol–water partition coefficient (Wildman–Crippen LogP) is 2.28. The topological polar surface area (TPSA) is 43.4 Å². The molecule has 2 atom stereocenters. The minimum atomic E-state index is -0.256. The second kappa shape index (κ2) is 6.26. The van der Waals surface area contributed by atoms with Crippen molar-refractivity contribution in [3.8, 4) is 0 Å². The van der Waals surface area contributed by atoms with Gasteiger partial charge in [0.05, 0.1) is 13.5 Å². The summed E-state index contributed by atoms with van der Waals surface area (Å²) in [6.07, 6.45) is 9.43. The van der Waals surface area contributed by atoms with Crippen LogP contribution in [0.1, 0.15) is 26.2 Å². The molecule has 16 heavy (non-hydrogen) atoms. The van der Waals surface area contributed by atoms with Crippen molar-refractivity contribution in [2.24, 2.45) is 11.8 Å². The van der Waals surface area contributed by atoms with Crippen LogP contribution in [0.2, 0.25) is 0 Å². The van der Waals surface area contributed by atoms with Crippen LogP contribution in [-0.2, 0) is 14.3 Å². The Morgan fingerprint density at radius 1 is 1.50 bits per heavy atom. The lowest BCUT2D eigenvalue weighted by Gasteiger charge is -2.14. The van der Waals surface area contributed by atoms with Gasteiger partial charge in [0.25, 0.3) is 0 Å². The maximum absolute atomic E-state index is 11.6. The molecule has 0 amide bonds. The monoisotopic (exact) mass is 222 g/mol. The van der Waals surface area contributed by atoms with Crippen LogP contribution < -0.4 is 0 Å². The van der Waals surface area contributed by atoms with Crippen molar-refractivity contribution >= 4 is 11.8 Å². The highest BCUT2D eigenvalue weighted by atomic mass is 16.5. The summed E-state index contributed by atoms with van der Waals surface area (Å²) in [6, 6.07) is 0. The Hall–Kier alpha value is -1.38. The van der Waals surface area contributed by atoms with E-state index in [0.29, 0.717) is 12.8 Å². The van der Waals surface area contributed by atoms with Crippen molar-refractivity contribution in [2.45, 2.75) is 26.2 Å². The van der Waals surface area contributed by atoms with Crippen molar-refractivity contribution in [1.82, 2.24) is 0 Å². The summed E-state index contributed by atoms with van der Waals surface area (Å²) in [4.78, 5) is 22.7. The molecule has 0 aliphatic heterocycles. The Morgan fingerprint density at radius 2 is 2.25 bits per heavy atom. The van der Waals surface area contributed by atoms with Crippen LogP contribution in [0, 0.1) is 11.8 Å². The third-order valence-corrected chi connectivity index (χ3v) is 2.81. The minimum absolute atomic E-state index is 0.00135. The number of carbonyl (C=O) groups is 2. The number of esters is 1. The molecule has 88 valence electrons. The molecule has 0 fully saturated rings. The first-order valence-electron chi connectivity index (χ1n) is 5.62. The van der Waals surface area contributed by atoms with Crippen LogP contribution in [0.5, 0.6) is 0 Å². The Balaban J connectivity index is 2.55. The van der Waals surface area contributed by atoms with Crippen LogP contribution in [0.3, 0.4) is 0 Å². The number of hydrogen-bond donors (Lipinski definition) is 0. The zero-order valence-corrected chi connectivity index (χ0v) is 9.81. The maximum atomic E-state index is 11.6. The van der Waals surface area contributed by atoms with Gasteiger partial charge in [-0.05, 0) is 24.8 Å². The summed E-state index contributed by atoms with van der Waals surface area (Å²) in [5.41, 5.74) is 0. The molecule has 0 aromatic carbocycles. The van der Waals surface area contributed by atoms with Crippen molar-refractivity contribution in [3.05, 3.63) is 24.3 Å². The minimum Gasteiger partial charge on any atom is -0.469 e. The third-order valence-electron chi connectivity index (χ3n) is 2.81. The highest BCUT2D eigenvalue weighted by Crippen LogP contribution is 2.28. The molecule has 3 nitrogen and oxygen atoms in total. The smallest absolute Gasteiger partial charge is 0.306 e. The van der Waals surface area contributed by atoms with Gasteiger partial charge in [0.2, 0.25) is 0 Å². The number of hydrogen-bond acceptors (Lipinski definition) is 3. The molecule has 0 radical (unpaired) electrons. The molecule has 0 aromatic rings. The fourth-order valence-corrected chi connectivity index (χ4v) is 1.87. The maximum Gasteiger partial charge on any atom is 0.306 e. The third kappa shape index (κ3) is 3.33. The molecule has 0 bridgehead atoms. The van der Waals surface area contributed by atoms with E-state index in [1.54, 1.807) is 6.08 Å². The second-order valence-electron chi connectivity index (χ2n) is 3.93. The number of ketones is 1. The average Bonchev–Trinajstić information content (AvgIpc) is 2.61. The molecular formula is C13H18O3. The lowest BCUT2D eigenvalue weighted by atomic mass is 9.89. The number of rotatable bonds is 5. The van der Waals surface area contributed by atoms with E-state index in [-0.39, 0.29) is 23.6 Å². The van der Waals surface area contributed by atoms with Gasteiger partial charge in [-0.25, -0.2) is 0 Å². The van der Waals surface area contributed by atoms with Gasteiger partial charge in [-0.3, -0.25) is 9.59 Å². The van der Waals surface area contributed by atoms with Crippen LogP contribution in [0.15, 0.2) is 24.3 Å². The molecule has 1 rings (SSSR count). The van der Waals surface area contributed by atoms with Gasteiger partial charge in [-0.2, -0.15) is 0 Å². The van der Waals surface area contributed by atoms with Crippen molar-refractivity contribution in [2.75, 3.05) is 7.11 Å². The van der Waals surface area contributed by atoms with Crippen LogP contribution >= 0.6 is 0 Å². The number of methoxy groups -OCH3 is 1. The summed E-state index contributed by atoms with van der Waals surface area (Å²) in [5, 5.41) is 0. The fourth-order valence-electron chi connectivity index (χ4n) is 1.87. The van der Waals surface area contributed by atoms with E-state index >= 15 is 0 Å². The van der Waals surface area contributed by atoms with E-state index in [2.05, 4.69) is 11.7 Å². The molecule has 2 unspecified atom stereocenters. The zero-order chi connectivity index (χ0) is 12.0. The van der Waals surface area contributed by atoms with Crippen molar-refractivity contribution in [3.63, 3.8) is 0 Å². The molecular weight excluding hydrogens is 204 g/mol. The summed E-state index contributed by atoms with van der Waals surface area (Å²) >= 11 is 0. The molecule has 0 aromatic heterocycles. The summed E-state index contributed by atoms with van der Waals surface area (Å²) in [6.45, 7) is 2.05. The lowest BCUT2D eigenvalue weighted by Crippen LogP contribution is -2.18. The van der Waals surface area contributed by atoms with E-state index < -0.39 is 0 Å². The first-order valence-corrected chi connectivity index (χ1v) is 5.62. The summed E-state index contributed by atoms with van der Waals surface area (Å²) in [7, 11) is 1.37. The largest absolute Gasteiger partial charge is 0.469 e.